The van der Waals surface area contributed by atoms with E-state index in [1.807, 2.05) is 36.4 Å². The summed E-state index contributed by atoms with van der Waals surface area (Å²) in [6, 6.07) is 11.9. The molecule has 4 rings (SSSR count). The van der Waals surface area contributed by atoms with Gasteiger partial charge in [-0.3, -0.25) is 10.3 Å². The molecule has 0 spiro atoms. The number of fused-ring (bicyclic) bond motifs is 1. The number of benzene rings is 1. The van der Waals surface area contributed by atoms with E-state index in [1.54, 1.807) is 12.5 Å². The Bertz CT molecular complexity index is 1060. The summed E-state index contributed by atoms with van der Waals surface area (Å²) in [6.45, 7) is 11.2. The maximum atomic E-state index is 6.08. The smallest absolute Gasteiger partial charge is 0.217 e. The molecular weight excluding hydrogens is 430 g/mol. The van der Waals surface area contributed by atoms with Crippen LogP contribution < -0.4 is 15.1 Å². The number of morpholine rings is 1. The van der Waals surface area contributed by atoms with Crippen LogP contribution in [0.4, 0.5) is 11.5 Å². The van der Waals surface area contributed by atoms with E-state index in [0.29, 0.717) is 12.5 Å². The first kappa shape index (κ1) is 24.0. The third-order valence-electron chi connectivity index (χ3n) is 5.77. The third-order valence-corrected chi connectivity index (χ3v) is 5.77. The van der Waals surface area contributed by atoms with Crippen LogP contribution in [0.3, 0.4) is 0 Å². The highest BCUT2D eigenvalue weighted by Gasteiger charge is 2.13. The lowest BCUT2D eigenvalue weighted by molar-refractivity contribution is 0.0320. The molecule has 1 aromatic carbocycles. The van der Waals surface area contributed by atoms with Crippen molar-refractivity contribution in [3.63, 3.8) is 0 Å². The molecule has 34 heavy (non-hydrogen) atoms. The summed E-state index contributed by atoms with van der Waals surface area (Å²) in [7, 11) is 0. The summed E-state index contributed by atoms with van der Waals surface area (Å²) in [6.07, 6.45) is 5.61. The Morgan fingerprint density at radius 1 is 1.15 bits per heavy atom. The van der Waals surface area contributed by atoms with Crippen molar-refractivity contribution in [2.24, 2.45) is 5.10 Å². The van der Waals surface area contributed by atoms with Crippen molar-refractivity contribution in [1.29, 1.82) is 0 Å². The highest BCUT2D eigenvalue weighted by atomic mass is 16.5. The summed E-state index contributed by atoms with van der Waals surface area (Å²) in [4.78, 5) is 9.46. The first-order valence-corrected chi connectivity index (χ1v) is 12.2. The van der Waals surface area contributed by atoms with E-state index in [4.69, 9.17) is 18.9 Å². The molecular formula is C26H35N5O3. The Morgan fingerprint density at radius 3 is 2.74 bits per heavy atom. The fourth-order valence-corrected chi connectivity index (χ4v) is 4.05. The summed E-state index contributed by atoms with van der Waals surface area (Å²) >= 11 is 0. The Hall–Kier alpha value is -3.10. The Labute approximate surface area is 201 Å². The molecule has 8 nitrogen and oxygen atoms in total. The lowest BCUT2D eigenvalue weighted by Gasteiger charge is -2.26. The van der Waals surface area contributed by atoms with Gasteiger partial charge in [0.1, 0.15) is 24.3 Å². The second-order valence-corrected chi connectivity index (χ2v) is 8.40. The van der Waals surface area contributed by atoms with Gasteiger partial charge in [0.2, 0.25) is 5.88 Å². The fourth-order valence-electron chi connectivity index (χ4n) is 4.05. The molecule has 0 unspecified atom stereocenters. The SMILES string of the molecule is CCCN(CCC)c1cc(N/N=C/c2coc3ccccc23)cc(OCCN2CCOCC2)n1. The van der Waals surface area contributed by atoms with Gasteiger partial charge >= 0.3 is 0 Å². The van der Waals surface area contributed by atoms with E-state index in [1.165, 1.54) is 0 Å². The van der Waals surface area contributed by atoms with Crippen LogP contribution in [0.2, 0.25) is 0 Å². The highest BCUT2D eigenvalue weighted by Crippen LogP contribution is 2.24. The van der Waals surface area contributed by atoms with Crippen LogP contribution in [0, 0.1) is 0 Å². The number of para-hydroxylation sites is 1. The molecule has 3 heterocycles. The molecule has 1 N–H and O–H groups in total. The van der Waals surface area contributed by atoms with Gasteiger partial charge in [0.15, 0.2) is 0 Å². The number of pyridine rings is 1. The van der Waals surface area contributed by atoms with E-state index in [-0.39, 0.29) is 0 Å². The van der Waals surface area contributed by atoms with Gasteiger partial charge in [-0.05, 0) is 18.9 Å². The van der Waals surface area contributed by atoms with E-state index < -0.39 is 0 Å². The molecule has 0 radical (unpaired) electrons. The molecule has 0 atom stereocenters. The molecule has 0 amide bonds. The normalized spacial score (nSPS) is 14.6. The van der Waals surface area contributed by atoms with Crippen molar-refractivity contribution < 1.29 is 13.9 Å². The molecule has 1 aliphatic heterocycles. The van der Waals surface area contributed by atoms with Crippen LogP contribution in [0.25, 0.3) is 11.0 Å². The van der Waals surface area contributed by atoms with Gasteiger partial charge in [0.25, 0.3) is 0 Å². The summed E-state index contributed by atoms with van der Waals surface area (Å²) in [5, 5.41) is 5.50. The standard InChI is InChI=1S/C26H35N5O3/c1-3-9-31(10-4-2)25-17-22(18-26(28-25)33-16-13-30-11-14-32-15-12-30)29-27-19-21-20-34-24-8-6-5-7-23(21)24/h5-8,17-20H,3-4,9-16H2,1-2H3,(H,28,29)/b27-19+. The Kier molecular flexibility index (Phi) is 8.76. The first-order chi connectivity index (χ1) is 16.8. The van der Waals surface area contributed by atoms with Crippen LogP contribution >= 0.6 is 0 Å². The van der Waals surface area contributed by atoms with Gasteiger partial charge in [-0.25, -0.2) is 0 Å². The van der Waals surface area contributed by atoms with Crippen molar-refractivity contribution in [2.75, 3.05) is 62.9 Å². The molecule has 0 bridgehead atoms. The topological polar surface area (TPSA) is 75.4 Å². The average molecular weight is 466 g/mol. The highest BCUT2D eigenvalue weighted by molar-refractivity contribution is 5.97. The molecule has 1 saturated heterocycles. The van der Waals surface area contributed by atoms with Crippen LogP contribution in [0.5, 0.6) is 5.88 Å². The van der Waals surface area contributed by atoms with Crippen molar-refractivity contribution in [3.05, 3.63) is 48.2 Å². The van der Waals surface area contributed by atoms with Crippen LogP contribution in [-0.4, -0.2) is 68.6 Å². The number of rotatable bonds is 12. The van der Waals surface area contributed by atoms with Gasteiger partial charge in [-0.1, -0.05) is 32.0 Å². The van der Waals surface area contributed by atoms with Gasteiger partial charge in [0, 0.05) is 55.8 Å². The zero-order valence-corrected chi connectivity index (χ0v) is 20.2. The molecule has 3 aromatic rings. The Balaban J connectivity index is 1.48. The first-order valence-electron chi connectivity index (χ1n) is 12.2. The predicted molar refractivity (Wildman–Crippen MR) is 137 cm³/mol. The predicted octanol–water partition coefficient (Wildman–Crippen LogP) is 4.61. The van der Waals surface area contributed by atoms with E-state index in [0.717, 1.165) is 86.8 Å². The number of ether oxygens (including phenoxy) is 2. The minimum atomic E-state index is 0.585. The number of nitrogens with zero attached hydrogens (tertiary/aromatic N) is 4. The minimum Gasteiger partial charge on any atom is -0.476 e. The second kappa shape index (κ2) is 12.4. The van der Waals surface area contributed by atoms with E-state index in [9.17, 15) is 0 Å². The fraction of sp³-hybridized carbons (Fsp3) is 0.462. The van der Waals surface area contributed by atoms with E-state index in [2.05, 4.69) is 34.2 Å². The average Bonchev–Trinajstić information content (AvgIpc) is 3.28. The van der Waals surface area contributed by atoms with Crippen molar-refractivity contribution >= 4 is 28.7 Å². The number of hydrogen-bond acceptors (Lipinski definition) is 8. The number of anilines is 2. The number of furan rings is 1. The van der Waals surface area contributed by atoms with Crippen LogP contribution in [0.15, 0.2) is 52.2 Å². The van der Waals surface area contributed by atoms with Crippen molar-refractivity contribution in [2.45, 2.75) is 26.7 Å². The zero-order valence-electron chi connectivity index (χ0n) is 20.2. The van der Waals surface area contributed by atoms with Gasteiger partial charge < -0.3 is 18.8 Å². The van der Waals surface area contributed by atoms with Crippen LogP contribution in [0.1, 0.15) is 32.3 Å². The lowest BCUT2D eigenvalue weighted by atomic mass is 10.2. The van der Waals surface area contributed by atoms with Gasteiger partial charge in [-0.15, -0.1) is 0 Å². The number of hydrogen-bond donors (Lipinski definition) is 1. The Morgan fingerprint density at radius 2 is 1.94 bits per heavy atom. The van der Waals surface area contributed by atoms with E-state index >= 15 is 0 Å². The lowest BCUT2D eigenvalue weighted by Crippen LogP contribution is -2.38. The van der Waals surface area contributed by atoms with Crippen molar-refractivity contribution in [3.8, 4) is 5.88 Å². The zero-order chi connectivity index (χ0) is 23.6. The molecule has 0 aliphatic carbocycles. The summed E-state index contributed by atoms with van der Waals surface area (Å²) in [5.74, 6) is 1.51. The summed E-state index contributed by atoms with van der Waals surface area (Å²) in [5.41, 5.74) is 5.78. The minimum absolute atomic E-state index is 0.585. The monoisotopic (exact) mass is 465 g/mol. The number of aromatic nitrogens is 1. The molecule has 8 heteroatoms. The molecule has 1 fully saturated rings. The number of nitrogens with one attached hydrogen (secondary N) is 1. The second-order valence-electron chi connectivity index (χ2n) is 8.40. The summed E-state index contributed by atoms with van der Waals surface area (Å²) < 4.78 is 17.1. The third kappa shape index (κ3) is 6.48. The maximum absolute atomic E-state index is 6.08. The van der Waals surface area contributed by atoms with Gasteiger partial charge in [0.05, 0.1) is 25.1 Å². The van der Waals surface area contributed by atoms with Gasteiger partial charge in [-0.2, -0.15) is 10.1 Å². The maximum Gasteiger partial charge on any atom is 0.217 e. The van der Waals surface area contributed by atoms with Crippen molar-refractivity contribution in [1.82, 2.24) is 9.88 Å². The molecule has 1 aliphatic rings. The number of hydrazone groups is 1. The quantitative estimate of drug-likeness (QED) is 0.309. The molecule has 182 valence electrons. The van der Waals surface area contributed by atoms with Crippen LogP contribution in [-0.2, 0) is 4.74 Å². The molecule has 0 saturated carbocycles. The molecule has 2 aromatic heterocycles. The largest absolute Gasteiger partial charge is 0.476 e.